The van der Waals surface area contributed by atoms with Crippen LogP contribution in [0.3, 0.4) is 0 Å². The highest BCUT2D eigenvalue weighted by Crippen LogP contribution is 2.32. The summed E-state index contributed by atoms with van der Waals surface area (Å²) in [7, 11) is 0. The summed E-state index contributed by atoms with van der Waals surface area (Å²) in [5.41, 5.74) is 0.150. The third-order valence-corrected chi connectivity index (χ3v) is 3.96. The maximum Gasteiger partial charge on any atom is 0.352 e. The van der Waals surface area contributed by atoms with Gasteiger partial charge in [0.1, 0.15) is 0 Å². The second kappa shape index (κ2) is 3.60. The molecular weight excluding hydrogens is 242 g/mol. The molecule has 0 spiro atoms. The first-order valence-corrected chi connectivity index (χ1v) is 6.47. The van der Waals surface area contributed by atoms with Gasteiger partial charge in [-0.25, -0.2) is 23.5 Å². The quantitative estimate of drug-likeness (QED) is 0.720. The van der Waals surface area contributed by atoms with Crippen molar-refractivity contribution < 1.29 is 0 Å². The number of hydrogen-bond acceptors (Lipinski definition) is 2. The number of aromatic nitrogens is 3. The van der Waals surface area contributed by atoms with Crippen LogP contribution in [0.1, 0.15) is 24.9 Å². The molecule has 0 fully saturated rings. The van der Waals surface area contributed by atoms with Gasteiger partial charge in [0, 0.05) is 0 Å². The van der Waals surface area contributed by atoms with E-state index in [1.807, 2.05) is 30.4 Å². The third-order valence-electron chi connectivity index (χ3n) is 3.96. The lowest BCUT2D eigenvalue weighted by atomic mass is 9.96. The smallest absolute Gasteiger partial charge is 0.245 e. The Bertz CT molecular complexity index is 734. The average molecular weight is 255 g/mol. The average Bonchev–Trinajstić information content (AvgIpc) is 2.75. The Hall–Kier alpha value is -2.30. The molecule has 2 bridgehead atoms. The van der Waals surface area contributed by atoms with E-state index in [-0.39, 0.29) is 23.5 Å². The summed E-state index contributed by atoms with van der Waals surface area (Å²) in [6.07, 6.45) is 5.92. The van der Waals surface area contributed by atoms with E-state index >= 15 is 0 Å². The molecule has 2 aliphatic heterocycles. The summed E-state index contributed by atoms with van der Waals surface area (Å²) in [5.74, 6) is 0. The Morgan fingerprint density at radius 3 is 1.84 bits per heavy atom. The van der Waals surface area contributed by atoms with Crippen molar-refractivity contribution in [1.82, 2.24) is 13.9 Å². The first-order chi connectivity index (χ1) is 9.27. The Morgan fingerprint density at radius 2 is 1.37 bits per heavy atom. The molecule has 0 N–H and O–H groups in total. The number of benzene rings is 1. The number of allylic oxidation sites excluding steroid dienone is 2. The van der Waals surface area contributed by atoms with Crippen molar-refractivity contribution in [1.29, 1.82) is 0 Å². The Balaban J connectivity index is 2.05. The van der Waals surface area contributed by atoms with Crippen LogP contribution in [-0.2, 0) is 0 Å². The molecule has 5 heteroatoms. The molecule has 5 nitrogen and oxygen atoms in total. The lowest BCUT2D eigenvalue weighted by Crippen LogP contribution is -2.39. The van der Waals surface area contributed by atoms with Crippen LogP contribution in [0.25, 0.3) is 5.69 Å². The zero-order valence-electron chi connectivity index (χ0n) is 10.3. The molecule has 0 unspecified atom stereocenters. The standard InChI is InChI=1S/C14H13N3O2/c18-13-15(10-4-2-1-3-5-10)14(19)17-12-7-6-11(8-9-12)16(13)17/h1-7,11-12H,8-9H2/t11-,12+. The maximum atomic E-state index is 12.5. The highest BCUT2D eigenvalue weighted by atomic mass is 16.2. The molecule has 0 saturated heterocycles. The third kappa shape index (κ3) is 1.30. The number of hydrogen-bond donors (Lipinski definition) is 0. The number of para-hydroxylation sites is 1. The van der Waals surface area contributed by atoms with E-state index in [2.05, 4.69) is 0 Å². The molecule has 1 aromatic heterocycles. The van der Waals surface area contributed by atoms with E-state index in [1.165, 1.54) is 4.57 Å². The van der Waals surface area contributed by atoms with Gasteiger partial charge in [0.05, 0.1) is 17.8 Å². The topological polar surface area (TPSA) is 48.9 Å². The van der Waals surface area contributed by atoms with Crippen molar-refractivity contribution >= 4 is 0 Å². The molecule has 1 aromatic carbocycles. The summed E-state index contributed by atoms with van der Waals surface area (Å²) in [4.78, 5) is 25.0. The second-order valence-electron chi connectivity index (χ2n) is 5.02. The van der Waals surface area contributed by atoms with E-state index in [9.17, 15) is 9.59 Å². The van der Waals surface area contributed by atoms with Crippen molar-refractivity contribution in [3.8, 4) is 5.69 Å². The fraction of sp³-hybridized carbons (Fsp3) is 0.286. The van der Waals surface area contributed by atoms with Crippen molar-refractivity contribution in [3.63, 3.8) is 0 Å². The summed E-state index contributed by atoms with van der Waals surface area (Å²) >= 11 is 0. The Labute approximate surface area is 109 Å². The minimum Gasteiger partial charge on any atom is -0.245 e. The van der Waals surface area contributed by atoms with Crippen LogP contribution in [0.4, 0.5) is 0 Å². The zero-order chi connectivity index (χ0) is 13.0. The monoisotopic (exact) mass is 255 g/mol. The number of rotatable bonds is 1. The van der Waals surface area contributed by atoms with Gasteiger partial charge >= 0.3 is 11.4 Å². The highest BCUT2D eigenvalue weighted by Gasteiger charge is 2.33. The molecule has 96 valence electrons. The van der Waals surface area contributed by atoms with Crippen molar-refractivity contribution in [2.24, 2.45) is 0 Å². The SMILES string of the molecule is O=c1n(-c2ccccc2)c(=O)n2n1[C@@H]1C=C[C@H]2CC1. The molecule has 19 heavy (non-hydrogen) atoms. The lowest BCUT2D eigenvalue weighted by molar-refractivity contribution is 0.257. The molecular formula is C14H13N3O2. The fourth-order valence-corrected chi connectivity index (χ4v) is 3.07. The van der Waals surface area contributed by atoms with Gasteiger partial charge in [-0.1, -0.05) is 30.4 Å². The molecule has 0 amide bonds. The Kier molecular flexibility index (Phi) is 2.01. The van der Waals surface area contributed by atoms with Gasteiger partial charge in [-0.3, -0.25) is 0 Å². The summed E-state index contributed by atoms with van der Waals surface area (Å²) in [6, 6.07) is 9.14. The molecule has 3 aliphatic rings. The van der Waals surface area contributed by atoms with Gasteiger partial charge in [-0.2, -0.15) is 0 Å². The van der Waals surface area contributed by atoms with Crippen LogP contribution in [0, 0.1) is 0 Å². The zero-order valence-corrected chi connectivity index (χ0v) is 10.3. The predicted molar refractivity (Wildman–Crippen MR) is 70.7 cm³/mol. The van der Waals surface area contributed by atoms with Gasteiger partial charge in [0.25, 0.3) is 0 Å². The van der Waals surface area contributed by atoms with Crippen molar-refractivity contribution in [2.75, 3.05) is 0 Å². The van der Waals surface area contributed by atoms with Gasteiger partial charge in [-0.15, -0.1) is 0 Å². The van der Waals surface area contributed by atoms with Crippen molar-refractivity contribution in [3.05, 3.63) is 63.5 Å². The number of nitrogens with zero attached hydrogens (tertiary/aromatic N) is 3. The molecule has 2 atom stereocenters. The normalized spacial score (nSPS) is 23.6. The maximum absolute atomic E-state index is 12.5. The molecule has 0 saturated carbocycles. The first-order valence-electron chi connectivity index (χ1n) is 6.47. The van der Waals surface area contributed by atoms with E-state index < -0.39 is 0 Å². The van der Waals surface area contributed by atoms with E-state index in [0.29, 0.717) is 5.69 Å². The first kappa shape index (κ1) is 10.6. The highest BCUT2D eigenvalue weighted by molar-refractivity contribution is 5.31. The minimum absolute atomic E-state index is 0.0233. The second-order valence-corrected chi connectivity index (χ2v) is 5.02. The Morgan fingerprint density at radius 1 is 0.842 bits per heavy atom. The van der Waals surface area contributed by atoms with Gasteiger partial charge in [0.15, 0.2) is 0 Å². The van der Waals surface area contributed by atoms with Gasteiger partial charge < -0.3 is 0 Å². The van der Waals surface area contributed by atoms with Gasteiger partial charge in [-0.05, 0) is 25.0 Å². The van der Waals surface area contributed by atoms with E-state index in [4.69, 9.17) is 0 Å². The lowest BCUT2D eigenvalue weighted by Gasteiger charge is -2.32. The van der Waals surface area contributed by atoms with Crippen molar-refractivity contribution in [2.45, 2.75) is 24.9 Å². The molecule has 3 heterocycles. The molecule has 2 aromatic rings. The van der Waals surface area contributed by atoms with Crippen LogP contribution in [-0.4, -0.2) is 13.9 Å². The minimum atomic E-state index is -0.241. The summed E-state index contributed by atoms with van der Waals surface area (Å²) in [6.45, 7) is 0. The van der Waals surface area contributed by atoms with Crippen LogP contribution in [0.15, 0.2) is 52.1 Å². The molecule has 5 rings (SSSR count). The largest absolute Gasteiger partial charge is 0.352 e. The molecule has 1 aliphatic carbocycles. The number of fused-ring (bicyclic) bond motifs is 1. The van der Waals surface area contributed by atoms with Crippen LogP contribution in [0.2, 0.25) is 0 Å². The van der Waals surface area contributed by atoms with Crippen LogP contribution < -0.4 is 11.4 Å². The van der Waals surface area contributed by atoms with E-state index in [1.54, 1.807) is 21.5 Å². The predicted octanol–water partition coefficient (Wildman–Crippen LogP) is 1.25. The fourth-order valence-electron chi connectivity index (χ4n) is 3.07. The van der Waals surface area contributed by atoms with E-state index in [0.717, 1.165) is 12.8 Å². The van der Waals surface area contributed by atoms with Gasteiger partial charge in [0.2, 0.25) is 0 Å². The van der Waals surface area contributed by atoms with Crippen LogP contribution >= 0.6 is 0 Å². The molecule has 0 radical (unpaired) electrons. The van der Waals surface area contributed by atoms with Crippen LogP contribution in [0.5, 0.6) is 0 Å². The summed E-state index contributed by atoms with van der Waals surface area (Å²) in [5, 5.41) is 0. The summed E-state index contributed by atoms with van der Waals surface area (Å²) < 4.78 is 4.46.